The number of hydrogen-bond acceptors (Lipinski definition) is 2. The van der Waals surface area contributed by atoms with Crippen LogP contribution in [0.3, 0.4) is 0 Å². The molecule has 0 bridgehead atoms. The molecule has 2 rings (SSSR count). The number of hydrogen-bond donors (Lipinski definition) is 3. The van der Waals surface area contributed by atoms with Crippen molar-refractivity contribution in [2.75, 3.05) is 25.5 Å². The number of nitrogens with one attached hydrogen (secondary N) is 3. The third kappa shape index (κ3) is 5.87. The SMILES string of the molecule is CN=C(NCCCNc1ccccc1)NCc1cc(F)ccc1F. The Hall–Kier alpha value is -2.63. The minimum atomic E-state index is -0.455. The van der Waals surface area contributed by atoms with Gasteiger partial charge >= 0.3 is 0 Å². The fourth-order valence-electron chi connectivity index (χ4n) is 2.16. The number of para-hydroxylation sites is 1. The lowest BCUT2D eigenvalue weighted by molar-refractivity contribution is 0.581. The van der Waals surface area contributed by atoms with E-state index in [1.807, 2.05) is 30.3 Å². The zero-order valence-corrected chi connectivity index (χ0v) is 13.7. The van der Waals surface area contributed by atoms with Crippen LogP contribution in [0.1, 0.15) is 12.0 Å². The van der Waals surface area contributed by atoms with E-state index in [1.165, 1.54) is 6.07 Å². The van der Waals surface area contributed by atoms with E-state index in [2.05, 4.69) is 20.9 Å². The molecule has 3 N–H and O–H groups in total. The monoisotopic (exact) mass is 332 g/mol. The molecule has 0 fully saturated rings. The molecule has 0 heterocycles. The summed E-state index contributed by atoms with van der Waals surface area (Å²) in [6.07, 6.45) is 0.893. The summed E-state index contributed by atoms with van der Waals surface area (Å²) in [5.41, 5.74) is 1.35. The van der Waals surface area contributed by atoms with E-state index in [9.17, 15) is 8.78 Å². The number of benzene rings is 2. The standard InChI is InChI=1S/C18H22F2N4/c1-21-18(24-13-14-12-15(19)8-9-17(14)20)23-11-5-10-22-16-6-3-2-4-7-16/h2-4,6-9,12,22H,5,10-11,13H2,1H3,(H2,21,23,24). The maximum Gasteiger partial charge on any atom is 0.191 e. The minimum Gasteiger partial charge on any atom is -0.385 e. The van der Waals surface area contributed by atoms with Crippen molar-refractivity contribution < 1.29 is 8.78 Å². The fourth-order valence-corrected chi connectivity index (χ4v) is 2.16. The normalized spacial score (nSPS) is 11.2. The number of nitrogens with zero attached hydrogens (tertiary/aromatic N) is 1. The van der Waals surface area contributed by atoms with Crippen molar-refractivity contribution in [1.82, 2.24) is 10.6 Å². The van der Waals surface area contributed by atoms with Gasteiger partial charge in [0.25, 0.3) is 0 Å². The molecule has 0 spiro atoms. The molecule has 2 aromatic carbocycles. The van der Waals surface area contributed by atoms with Crippen molar-refractivity contribution in [3.8, 4) is 0 Å². The second-order valence-corrected chi connectivity index (χ2v) is 5.23. The van der Waals surface area contributed by atoms with Crippen molar-refractivity contribution >= 4 is 11.6 Å². The van der Waals surface area contributed by atoms with Gasteiger partial charge in [-0.25, -0.2) is 8.78 Å². The molecule has 0 aliphatic carbocycles. The molecule has 6 heteroatoms. The number of halogens is 2. The zero-order chi connectivity index (χ0) is 17.2. The molecule has 0 radical (unpaired) electrons. The van der Waals surface area contributed by atoms with Crippen LogP contribution in [0.4, 0.5) is 14.5 Å². The Kier molecular flexibility index (Phi) is 7.01. The Bertz CT molecular complexity index is 659. The maximum absolute atomic E-state index is 13.6. The van der Waals surface area contributed by atoms with Gasteiger partial charge in [-0.3, -0.25) is 4.99 Å². The van der Waals surface area contributed by atoms with Crippen LogP contribution < -0.4 is 16.0 Å². The van der Waals surface area contributed by atoms with Crippen molar-refractivity contribution in [3.05, 3.63) is 65.7 Å². The Morgan fingerprint density at radius 2 is 1.79 bits per heavy atom. The van der Waals surface area contributed by atoms with Gasteiger partial charge in [0.05, 0.1) is 0 Å². The smallest absolute Gasteiger partial charge is 0.191 e. The first-order chi connectivity index (χ1) is 11.7. The van der Waals surface area contributed by atoms with Gasteiger partial charge < -0.3 is 16.0 Å². The quantitative estimate of drug-likeness (QED) is 0.415. The van der Waals surface area contributed by atoms with Crippen LogP contribution in [0.5, 0.6) is 0 Å². The van der Waals surface area contributed by atoms with Gasteiger partial charge in [-0.15, -0.1) is 0 Å². The average molecular weight is 332 g/mol. The highest BCUT2D eigenvalue weighted by Gasteiger charge is 2.05. The second kappa shape index (κ2) is 9.50. The first-order valence-corrected chi connectivity index (χ1v) is 7.86. The lowest BCUT2D eigenvalue weighted by Crippen LogP contribution is -2.37. The van der Waals surface area contributed by atoms with Crippen LogP contribution in [-0.2, 0) is 6.54 Å². The van der Waals surface area contributed by atoms with Crippen LogP contribution in [0.15, 0.2) is 53.5 Å². The first kappa shape index (κ1) is 17.7. The number of anilines is 1. The summed E-state index contributed by atoms with van der Waals surface area (Å²) in [5.74, 6) is -0.340. The van der Waals surface area contributed by atoms with E-state index in [0.29, 0.717) is 12.5 Å². The van der Waals surface area contributed by atoms with Gasteiger partial charge in [-0.05, 0) is 36.8 Å². The predicted octanol–water partition coefficient (Wildman–Crippen LogP) is 3.13. The predicted molar refractivity (Wildman–Crippen MR) is 94.1 cm³/mol. The van der Waals surface area contributed by atoms with E-state index >= 15 is 0 Å². The molecular weight excluding hydrogens is 310 g/mol. The molecular formula is C18H22F2N4. The van der Waals surface area contributed by atoms with E-state index in [-0.39, 0.29) is 12.1 Å². The molecule has 4 nitrogen and oxygen atoms in total. The van der Waals surface area contributed by atoms with Crippen LogP contribution in [0.2, 0.25) is 0 Å². The largest absolute Gasteiger partial charge is 0.385 e. The van der Waals surface area contributed by atoms with Crippen LogP contribution in [0, 0.1) is 11.6 Å². The van der Waals surface area contributed by atoms with Crippen LogP contribution >= 0.6 is 0 Å². The van der Waals surface area contributed by atoms with E-state index < -0.39 is 11.6 Å². The van der Waals surface area contributed by atoms with Gasteiger partial charge in [-0.2, -0.15) is 0 Å². The van der Waals surface area contributed by atoms with E-state index in [0.717, 1.165) is 30.8 Å². The minimum absolute atomic E-state index is 0.172. The molecule has 24 heavy (non-hydrogen) atoms. The molecule has 0 saturated heterocycles. The third-order valence-electron chi connectivity index (χ3n) is 3.43. The maximum atomic E-state index is 13.6. The van der Waals surface area contributed by atoms with Crippen LogP contribution in [0.25, 0.3) is 0 Å². The molecule has 0 aliphatic heterocycles. The molecule has 0 atom stereocenters. The summed E-state index contributed by atoms with van der Waals surface area (Å²) < 4.78 is 26.7. The summed E-state index contributed by atoms with van der Waals surface area (Å²) in [6.45, 7) is 1.71. The van der Waals surface area contributed by atoms with E-state index in [4.69, 9.17) is 0 Å². The first-order valence-electron chi connectivity index (χ1n) is 7.86. The van der Waals surface area contributed by atoms with E-state index in [1.54, 1.807) is 7.05 Å². The topological polar surface area (TPSA) is 48.5 Å². The average Bonchev–Trinajstić information content (AvgIpc) is 2.61. The van der Waals surface area contributed by atoms with Crippen molar-refractivity contribution in [1.29, 1.82) is 0 Å². The summed E-state index contributed by atoms with van der Waals surface area (Å²) in [5, 5.41) is 9.43. The molecule has 0 amide bonds. The lowest BCUT2D eigenvalue weighted by atomic mass is 10.2. The summed E-state index contributed by atoms with van der Waals surface area (Å²) in [6, 6.07) is 13.4. The number of guanidine groups is 1. The zero-order valence-electron chi connectivity index (χ0n) is 13.7. The number of rotatable bonds is 7. The Balaban J connectivity index is 1.68. The van der Waals surface area contributed by atoms with Gasteiger partial charge in [0.1, 0.15) is 11.6 Å². The molecule has 0 unspecified atom stereocenters. The summed E-state index contributed by atoms with van der Waals surface area (Å²) in [4.78, 5) is 4.07. The van der Waals surface area contributed by atoms with Gasteiger partial charge in [0.2, 0.25) is 0 Å². The summed E-state index contributed by atoms with van der Waals surface area (Å²) in [7, 11) is 1.64. The molecule has 0 aromatic heterocycles. The molecule has 0 saturated carbocycles. The molecule has 2 aromatic rings. The lowest BCUT2D eigenvalue weighted by Gasteiger charge is -2.13. The number of aliphatic imine (C=N–C) groups is 1. The molecule has 128 valence electrons. The molecule has 0 aliphatic rings. The van der Waals surface area contributed by atoms with Crippen molar-refractivity contribution in [3.63, 3.8) is 0 Å². The Morgan fingerprint density at radius 1 is 1.00 bits per heavy atom. The highest BCUT2D eigenvalue weighted by Crippen LogP contribution is 2.09. The third-order valence-corrected chi connectivity index (χ3v) is 3.43. The van der Waals surface area contributed by atoms with Gasteiger partial charge in [0, 0.05) is 37.9 Å². The second-order valence-electron chi connectivity index (χ2n) is 5.23. The Labute approximate surface area is 141 Å². The highest BCUT2D eigenvalue weighted by atomic mass is 19.1. The van der Waals surface area contributed by atoms with Gasteiger partial charge in [0.15, 0.2) is 5.96 Å². The van der Waals surface area contributed by atoms with Crippen molar-refractivity contribution in [2.45, 2.75) is 13.0 Å². The fraction of sp³-hybridized carbons (Fsp3) is 0.278. The van der Waals surface area contributed by atoms with Crippen LogP contribution in [-0.4, -0.2) is 26.1 Å². The highest BCUT2D eigenvalue weighted by molar-refractivity contribution is 5.79. The summed E-state index contributed by atoms with van der Waals surface area (Å²) >= 11 is 0. The van der Waals surface area contributed by atoms with Crippen molar-refractivity contribution in [2.24, 2.45) is 4.99 Å². The Morgan fingerprint density at radius 3 is 2.54 bits per heavy atom. The van der Waals surface area contributed by atoms with Gasteiger partial charge in [-0.1, -0.05) is 18.2 Å².